The maximum absolute atomic E-state index is 14.4. The van der Waals surface area contributed by atoms with Gasteiger partial charge in [0.15, 0.2) is 5.72 Å². The Bertz CT molecular complexity index is 2570. The predicted molar refractivity (Wildman–Crippen MR) is 280 cm³/mol. The third-order valence-corrected chi connectivity index (χ3v) is 17.8. The number of halogens is 1. The molecule has 1 aromatic rings. The number of esters is 1. The number of hydrogen-bond donors (Lipinski definition) is 2. The summed E-state index contributed by atoms with van der Waals surface area (Å²) in [7, 11) is 5.89. The number of allylic oxidation sites excluding steroid dienone is 3. The highest BCUT2D eigenvalue weighted by molar-refractivity contribution is 8.02. The number of hydrogen-bond acceptors (Lipinski definition) is 17. The molecule has 7 amide bonds. The number of fused-ring (bicyclic) bond motifs is 5. The molecule has 5 heterocycles. The number of hydroxylamine groups is 2. The number of amides is 7. The summed E-state index contributed by atoms with van der Waals surface area (Å²) < 4.78 is 28.9. The highest BCUT2D eigenvalue weighted by Crippen LogP contribution is 2.49. The zero-order valence-corrected chi connectivity index (χ0v) is 47.0. The van der Waals surface area contributed by atoms with Gasteiger partial charge in [0.2, 0.25) is 23.6 Å². The topological polar surface area (TPSA) is 258 Å². The number of nitrogens with zero attached hydrogens (tertiary/aromatic N) is 4. The van der Waals surface area contributed by atoms with E-state index in [9.17, 15) is 48.3 Å². The molecule has 5 fully saturated rings. The van der Waals surface area contributed by atoms with Gasteiger partial charge in [-0.15, -0.1) is 16.8 Å². The summed E-state index contributed by atoms with van der Waals surface area (Å²) in [6.07, 6.45) is 2.52. The van der Waals surface area contributed by atoms with Gasteiger partial charge in [-0.25, -0.2) is 14.4 Å². The lowest BCUT2D eigenvalue weighted by molar-refractivity contribution is -0.201. The van der Waals surface area contributed by atoms with E-state index in [0.29, 0.717) is 48.6 Å². The Hall–Kier alpha value is -5.55. The first kappa shape index (κ1) is 59.1. The molecule has 4 unspecified atom stereocenters. The summed E-state index contributed by atoms with van der Waals surface area (Å²) in [6.45, 7) is 10.8. The van der Waals surface area contributed by atoms with Crippen LogP contribution in [0.4, 0.5) is 10.5 Å². The van der Waals surface area contributed by atoms with Crippen LogP contribution >= 0.6 is 23.4 Å². The molecular weight excluding hydrogens is 1040 g/mol. The van der Waals surface area contributed by atoms with Crippen molar-refractivity contribution in [1.29, 1.82) is 0 Å². The molecule has 6 aliphatic rings. The van der Waals surface area contributed by atoms with E-state index < -0.39 is 112 Å². The molecule has 77 heavy (non-hydrogen) atoms. The number of ether oxygens (including phenoxy) is 5. The first-order valence-corrected chi connectivity index (χ1v) is 27.4. The molecule has 21 nitrogen and oxygen atoms in total. The highest BCUT2D eigenvalue weighted by Gasteiger charge is 2.64. The average molecular weight is 1110 g/mol. The number of rotatable bonds is 14. The van der Waals surface area contributed by atoms with Crippen LogP contribution in [0.5, 0.6) is 5.75 Å². The summed E-state index contributed by atoms with van der Waals surface area (Å²) in [5.74, 6) is -4.90. The lowest BCUT2D eigenvalue weighted by atomic mass is 9.82. The van der Waals surface area contributed by atoms with Crippen molar-refractivity contribution in [2.24, 2.45) is 17.8 Å². The average Bonchev–Trinajstić information content (AvgIpc) is 3.99. The maximum atomic E-state index is 14.4. The molecule has 9 atom stereocenters. The minimum atomic E-state index is -1.89. The molecule has 1 saturated carbocycles. The van der Waals surface area contributed by atoms with Gasteiger partial charge in [0, 0.05) is 70.5 Å². The van der Waals surface area contributed by atoms with Crippen LogP contribution in [0.1, 0.15) is 118 Å². The van der Waals surface area contributed by atoms with Crippen LogP contribution in [-0.2, 0) is 68.6 Å². The highest BCUT2D eigenvalue weighted by atomic mass is 35.5. The van der Waals surface area contributed by atoms with E-state index in [0.717, 1.165) is 11.1 Å². The molecule has 23 heteroatoms. The smallest absolute Gasteiger partial charge is 0.409 e. The second kappa shape index (κ2) is 23.8. The van der Waals surface area contributed by atoms with Crippen molar-refractivity contribution in [3.63, 3.8) is 0 Å². The van der Waals surface area contributed by atoms with E-state index in [1.54, 1.807) is 45.2 Å². The van der Waals surface area contributed by atoms with Gasteiger partial charge in [-0.2, -0.15) is 0 Å². The zero-order chi connectivity index (χ0) is 56.5. The SMILES string of the molecule is COc1cc2cc(c1Cl)N(C)C(=O)C[C@H](OC(=O)C(C)N(C)C(=O)CCC(C)(C)SC1CC(=O)N(CC3CCC(C(=O)ON4C(=O)CCC4=O)CC3)C1=O)[C@]1(C)OC1C(C)[C@@H]1C[C@@](O)(NC(=O)O1)[C@H](OC)C=CC=C(C)C2. The Labute approximate surface area is 457 Å². The number of nitrogens with one attached hydrogen (secondary N) is 1. The third-order valence-electron chi connectivity index (χ3n) is 15.9. The molecule has 1 aromatic carbocycles. The predicted octanol–water partition coefficient (Wildman–Crippen LogP) is 5.35. The lowest BCUT2D eigenvalue weighted by Gasteiger charge is -2.42. The Balaban J connectivity index is 0.990. The van der Waals surface area contributed by atoms with Gasteiger partial charge in [0.05, 0.1) is 36.5 Å². The van der Waals surface area contributed by atoms with Gasteiger partial charge in [0.1, 0.15) is 40.7 Å². The van der Waals surface area contributed by atoms with E-state index in [1.165, 1.54) is 54.7 Å². The summed E-state index contributed by atoms with van der Waals surface area (Å²) in [5.41, 5.74) is -1.21. The zero-order valence-electron chi connectivity index (χ0n) is 45.4. The van der Waals surface area contributed by atoms with Crippen molar-refractivity contribution in [2.45, 2.75) is 170 Å². The molecular formula is C54H72ClN5O16S. The van der Waals surface area contributed by atoms with E-state index in [1.807, 2.05) is 26.8 Å². The Morgan fingerprint density at radius 3 is 2.34 bits per heavy atom. The molecule has 1 aliphatic carbocycles. The van der Waals surface area contributed by atoms with Gasteiger partial charge in [-0.3, -0.25) is 39.0 Å². The van der Waals surface area contributed by atoms with Gasteiger partial charge >= 0.3 is 18.0 Å². The van der Waals surface area contributed by atoms with Crippen LogP contribution < -0.4 is 15.0 Å². The summed E-state index contributed by atoms with van der Waals surface area (Å²) in [5, 5.41) is 14.4. The van der Waals surface area contributed by atoms with Crippen LogP contribution in [0.15, 0.2) is 35.9 Å². The molecule has 4 saturated heterocycles. The van der Waals surface area contributed by atoms with Crippen molar-refractivity contribution in [3.8, 4) is 5.75 Å². The van der Waals surface area contributed by atoms with Crippen molar-refractivity contribution in [1.82, 2.24) is 20.2 Å². The fourth-order valence-electron chi connectivity index (χ4n) is 10.8. The minimum absolute atomic E-state index is 0.00150. The third kappa shape index (κ3) is 13.3. The molecule has 0 aromatic heterocycles. The van der Waals surface area contributed by atoms with E-state index >= 15 is 0 Å². The second-order valence-electron chi connectivity index (χ2n) is 22.0. The molecule has 0 spiro atoms. The number of epoxide rings is 1. The number of imide groups is 2. The number of thioether (sulfide) groups is 1. The van der Waals surface area contributed by atoms with Crippen LogP contribution in [-0.4, -0.2) is 160 Å². The summed E-state index contributed by atoms with van der Waals surface area (Å²) >= 11 is 8.14. The Morgan fingerprint density at radius 2 is 1.69 bits per heavy atom. The largest absolute Gasteiger partial charge is 0.495 e. The monoisotopic (exact) mass is 1110 g/mol. The van der Waals surface area contributed by atoms with Gasteiger partial charge in [-0.05, 0) is 82.9 Å². The number of likely N-dealkylation sites (tertiary alicyclic amines) is 1. The minimum Gasteiger partial charge on any atom is -0.495 e. The molecule has 4 bridgehead atoms. The molecule has 5 aliphatic heterocycles. The van der Waals surface area contributed by atoms with E-state index in [4.69, 9.17) is 40.1 Å². The quantitative estimate of drug-likeness (QED) is 0.135. The number of aliphatic hydroxyl groups is 1. The van der Waals surface area contributed by atoms with Crippen LogP contribution in [0.25, 0.3) is 0 Å². The van der Waals surface area contributed by atoms with Crippen molar-refractivity contribution >= 4 is 82.5 Å². The van der Waals surface area contributed by atoms with E-state index in [-0.39, 0.29) is 67.8 Å². The van der Waals surface area contributed by atoms with Crippen LogP contribution in [0, 0.1) is 17.8 Å². The first-order valence-electron chi connectivity index (χ1n) is 26.1. The number of carbonyl (C=O) groups excluding carboxylic acids is 9. The molecule has 422 valence electrons. The lowest BCUT2D eigenvalue weighted by Crippen LogP contribution is -2.63. The number of likely N-dealkylation sites (N-methyl/N-ethyl adjacent to an activating group) is 1. The van der Waals surface area contributed by atoms with Crippen LogP contribution in [0.3, 0.4) is 0 Å². The number of alkyl carbamates (subject to hydrolysis) is 1. The number of anilines is 1. The summed E-state index contributed by atoms with van der Waals surface area (Å²) in [6, 6.07) is 2.39. The van der Waals surface area contributed by atoms with Gasteiger partial charge in [0.25, 0.3) is 11.8 Å². The number of benzene rings is 1. The van der Waals surface area contributed by atoms with Crippen molar-refractivity contribution < 1.29 is 76.8 Å². The molecule has 7 rings (SSSR count). The number of methoxy groups -OCH3 is 2. The fourth-order valence-corrected chi connectivity index (χ4v) is 12.6. The van der Waals surface area contributed by atoms with Crippen molar-refractivity contribution in [2.75, 3.05) is 39.8 Å². The molecule has 2 N–H and O–H groups in total. The first-order chi connectivity index (χ1) is 36.2. The van der Waals surface area contributed by atoms with Crippen LogP contribution in [0.2, 0.25) is 5.02 Å². The number of carbonyl (C=O) groups is 9. The summed E-state index contributed by atoms with van der Waals surface area (Å²) in [4.78, 5) is 128. The van der Waals surface area contributed by atoms with Crippen molar-refractivity contribution in [3.05, 3.63) is 46.5 Å². The standard InChI is InChI=1S/C54H72ClN5O16S/c1-29-12-11-13-39(72-10)54(70)27-37(73-51(69)56-54)30(2)47-53(6,75-47)40(26-44(64)58(8)35-23-33(22-29)24-36(71-9)46(35)55)74-49(67)31(3)57(7)41(61)20-21-52(4,5)77-38-25-45(65)59(48(38)66)28-32-14-16-34(17-15-32)50(68)76-60-42(62)18-19-43(60)63/h11-13,23-24,30-32,34,37-40,47,70H,14-22,25-28H2,1-10H3,(H,56,69)/t30?,31?,32?,34?,37-,38?,39+,40-,47?,53-,54-/m0/s1. The van der Waals surface area contributed by atoms with Gasteiger partial charge < -0.3 is 43.4 Å². The van der Waals surface area contributed by atoms with E-state index in [2.05, 4.69) is 5.32 Å². The maximum Gasteiger partial charge on any atom is 0.409 e. The normalized spacial score (nSPS) is 30.5. The Kier molecular flexibility index (Phi) is 18.3. The second-order valence-corrected chi connectivity index (χ2v) is 24.3. The van der Waals surface area contributed by atoms with Gasteiger partial charge in [-0.1, -0.05) is 56.2 Å². The Morgan fingerprint density at radius 1 is 1.01 bits per heavy atom. The molecule has 0 radical (unpaired) electrons. The fraction of sp³-hybridized carbons (Fsp3) is 0.648.